The zero-order valence-corrected chi connectivity index (χ0v) is 29.6. The first-order chi connectivity index (χ1) is 23.2. The lowest BCUT2D eigenvalue weighted by atomic mass is 9.76. The van der Waals surface area contributed by atoms with Crippen molar-refractivity contribution in [1.82, 2.24) is 0 Å². The van der Waals surface area contributed by atoms with Gasteiger partial charge in [0.2, 0.25) is 0 Å². The number of benzene rings is 2. The van der Waals surface area contributed by atoms with Crippen molar-refractivity contribution < 1.29 is 55.2 Å². The maximum absolute atomic E-state index is 13.6. The maximum Gasteiger partial charge on any atom is 0.453 e. The number of esters is 2. The Kier molecular flexibility index (Phi) is 14.5. The van der Waals surface area contributed by atoms with Gasteiger partial charge < -0.3 is 23.7 Å². The minimum atomic E-state index is -5.72. The molecular formula is C36H47F5O7S. The van der Waals surface area contributed by atoms with E-state index in [4.69, 9.17) is 23.7 Å². The molecule has 3 rings (SSSR count). The highest BCUT2D eigenvalue weighted by molar-refractivity contribution is 7.99. The van der Waals surface area contributed by atoms with Gasteiger partial charge in [0, 0.05) is 18.4 Å². The molecule has 49 heavy (non-hydrogen) atoms. The zero-order chi connectivity index (χ0) is 36.3. The SMILES string of the molecule is COC(=O)C(CCCCCCCC[C@H]1c2ccc(OC)cc2OC[C@@]1(SC)c1ccc(OC)cc1)(CCCC(F)(F)C(F)(F)F)C(=O)OC. The van der Waals surface area contributed by atoms with E-state index in [2.05, 4.69) is 24.5 Å². The molecule has 2 atom stereocenters. The molecule has 0 N–H and O–H groups in total. The molecule has 0 saturated heterocycles. The van der Waals surface area contributed by atoms with Crippen LogP contribution in [-0.2, 0) is 23.8 Å². The Balaban J connectivity index is 1.63. The first kappa shape index (κ1) is 40.2. The fourth-order valence-corrected chi connectivity index (χ4v) is 7.78. The van der Waals surface area contributed by atoms with E-state index >= 15 is 0 Å². The molecule has 2 aromatic rings. The van der Waals surface area contributed by atoms with Crippen LogP contribution in [0.3, 0.4) is 0 Å². The molecule has 1 heterocycles. The maximum atomic E-state index is 13.6. The molecule has 0 fully saturated rings. The highest BCUT2D eigenvalue weighted by Gasteiger charge is 2.57. The van der Waals surface area contributed by atoms with Gasteiger partial charge in [-0.25, -0.2) is 0 Å². The van der Waals surface area contributed by atoms with Crippen molar-refractivity contribution in [3.63, 3.8) is 0 Å². The lowest BCUT2D eigenvalue weighted by molar-refractivity contribution is -0.284. The van der Waals surface area contributed by atoms with Crippen LogP contribution in [-0.4, -0.2) is 65.3 Å². The fraction of sp³-hybridized carbons (Fsp3) is 0.611. The molecule has 0 bridgehead atoms. The van der Waals surface area contributed by atoms with Crippen molar-refractivity contribution in [3.05, 3.63) is 53.6 Å². The van der Waals surface area contributed by atoms with Crippen molar-refractivity contribution in [3.8, 4) is 17.2 Å². The van der Waals surface area contributed by atoms with Crippen LogP contribution in [0.1, 0.15) is 87.7 Å². The summed E-state index contributed by atoms with van der Waals surface area (Å²) < 4.78 is 91.6. The number of methoxy groups -OCH3 is 4. The van der Waals surface area contributed by atoms with Crippen molar-refractivity contribution in [2.24, 2.45) is 5.41 Å². The Labute approximate surface area is 289 Å². The summed E-state index contributed by atoms with van der Waals surface area (Å²) in [7, 11) is 5.34. The largest absolute Gasteiger partial charge is 0.497 e. The molecule has 0 spiro atoms. The van der Waals surface area contributed by atoms with E-state index in [1.165, 1.54) is 0 Å². The van der Waals surface area contributed by atoms with Crippen LogP contribution < -0.4 is 14.2 Å². The van der Waals surface area contributed by atoms with Crippen LogP contribution in [0.2, 0.25) is 0 Å². The number of fused-ring (bicyclic) bond motifs is 1. The van der Waals surface area contributed by atoms with Crippen LogP contribution in [0.4, 0.5) is 22.0 Å². The van der Waals surface area contributed by atoms with E-state index in [-0.39, 0.29) is 17.1 Å². The number of thioether (sulfide) groups is 1. The number of alkyl halides is 5. The lowest BCUT2D eigenvalue weighted by Gasteiger charge is -2.44. The number of halogens is 5. The molecule has 13 heteroatoms. The topological polar surface area (TPSA) is 80.3 Å². The van der Waals surface area contributed by atoms with E-state index in [0.29, 0.717) is 19.4 Å². The molecule has 0 radical (unpaired) electrons. The van der Waals surface area contributed by atoms with Crippen molar-refractivity contribution in [2.75, 3.05) is 41.3 Å². The van der Waals surface area contributed by atoms with Gasteiger partial charge in [-0.3, -0.25) is 9.59 Å². The highest BCUT2D eigenvalue weighted by Crippen LogP contribution is 2.55. The Bertz CT molecular complexity index is 1350. The van der Waals surface area contributed by atoms with Gasteiger partial charge in [0.1, 0.15) is 23.9 Å². The van der Waals surface area contributed by atoms with Crippen molar-refractivity contribution in [1.29, 1.82) is 0 Å². The smallest absolute Gasteiger partial charge is 0.453 e. The number of rotatable bonds is 19. The van der Waals surface area contributed by atoms with E-state index in [0.717, 1.165) is 74.7 Å². The number of ether oxygens (including phenoxy) is 5. The van der Waals surface area contributed by atoms with Crippen LogP contribution >= 0.6 is 11.8 Å². The van der Waals surface area contributed by atoms with Crippen molar-refractivity contribution >= 4 is 23.7 Å². The summed E-state index contributed by atoms with van der Waals surface area (Å²) in [6.07, 6.45) is -1.14. The third kappa shape index (κ3) is 9.32. The molecule has 7 nitrogen and oxygen atoms in total. The molecule has 0 saturated carbocycles. The normalized spacial score (nSPS) is 17.9. The van der Waals surface area contributed by atoms with Gasteiger partial charge in [-0.1, -0.05) is 56.7 Å². The fourth-order valence-electron chi connectivity index (χ4n) is 6.70. The standard InChI is InChI=1S/C36H47F5O7S/c1-44-26-16-14-25(15-17-26)34(49-5)24-48-30-23-27(45-2)18-19-28(30)29(34)13-10-8-6-7-9-11-20-33(31(42)46-3,32(43)47-4)21-12-22-35(37,38)36(39,40)41/h14-19,23,29H,6-13,20-22,24H2,1-5H3/t29-,34+/m0/s1. The van der Waals surface area contributed by atoms with Gasteiger partial charge in [-0.15, -0.1) is 11.8 Å². The Morgan fingerprint density at radius 1 is 0.776 bits per heavy atom. The predicted molar refractivity (Wildman–Crippen MR) is 178 cm³/mol. The second kappa shape index (κ2) is 17.6. The summed E-state index contributed by atoms with van der Waals surface area (Å²) >= 11 is 1.76. The lowest BCUT2D eigenvalue weighted by Crippen LogP contribution is -2.42. The van der Waals surface area contributed by atoms with Gasteiger partial charge >= 0.3 is 24.0 Å². The molecule has 2 aromatic carbocycles. The summed E-state index contributed by atoms with van der Waals surface area (Å²) in [5.74, 6) is -4.48. The number of carbonyl (C=O) groups is 2. The van der Waals surface area contributed by atoms with E-state index in [1.807, 2.05) is 24.3 Å². The minimum absolute atomic E-state index is 0.0790. The number of unbranched alkanes of at least 4 members (excludes halogenated alkanes) is 5. The first-order valence-electron chi connectivity index (χ1n) is 16.4. The summed E-state index contributed by atoms with van der Waals surface area (Å²) in [6, 6.07) is 14.0. The van der Waals surface area contributed by atoms with Gasteiger partial charge in [-0.2, -0.15) is 22.0 Å². The molecule has 0 amide bonds. The molecule has 0 aromatic heterocycles. The van der Waals surface area contributed by atoms with Gasteiger partial charge in [0.25, 0.3) is 0 Å². The molecule has 0 unspecified atom stereocenters. The molecule has 1 aliphatic heterocycles. The zero-order valence-electron chi connectivity index (χ0n) is 28.8. The van der Waals surface area contributed by atoms with Crippen LogP contribution in [0.5, 0.6) is 17.2 Å². The van der Waals surface area contributed by atoms with E-state index in [9.17, 15) is 31.5 Å². The molecule has 0 aliphatic carbocycles. The van der Waals surface area contributed by atoms with Crippen molar-refractivity contribution in [2.45, 2.75) is 93.4 Å². The van der Waals surface area contributed by atoms with Crippen LogP contribution in [0.15, 0.2) is 42.5 Å². The predicted octanol–water partition coefficient (Wildman–Crippen LogP) is 9.26. The monoisotopic (exact) mass is 718 g/mol. The molecular weight excluding hydrogens is 671 g/mol. The second-order valence-electron chi connectivity index (χ2n) is 12.3. The summed E-state index contributed by atoms with van der Waals surface area (Å²) in [6.45, 7) is 0.487. The minimum Gasteiger partial charge on any atom is -0.497 e. The van der Waals surface area contributed by atoms with Gasteiger partial charge in [0.05, 0.1) is 33.2 Å². The summed E-state index contributed by atoms with van der Waals surface area (Å²) in [5, 5.41) is 0. The summed E-state index contributed by atoms with van der Waals surface area (Å²) in [4.78, 5) is 25.4. The Morgan fingerprint density at radius 3 is 1.88 bits per heavy atom. The van der Waals surface area contributed by atoms with Crippen LogP contribution in [0, 0.1) is 5.41 Å². The average Bonchev–Trinajstić information content (AvgIpc) is 3.10. The van der Waals surface area contributed by atoms with Crippen LogP contribution in [0.25, 0.3) is 0 Å². The molecule has 274 valence electrons. The molecule has 1 aliphatic rings. The Hall–Kier alpha value is -3.22. The third-order valence-corrected chi connectivity index (χ3v) is 10.9. The Morgan fingerprint density at radius 2 is 1.33 bits per heavy atom. The number of hydrogen-bond donors (Lipinski definition) is 0. The first-order valence-corrected chi connectivity index (χ1v) is 17.6. The average molecular weight is 719 g/mol. The second-order valence-corrected chi connectivity index (χ2v) is 13.5. The quantitative estimate of drug-likeness (QED) is 0.0616. The van der Waals surface area contributed by atoms with E-state index in [1.54, 1.807) is 26.0 Å². The van der Waals surface area contributed by atoms with Gasteiger partial charge in [-0.05, 0) is 61.3 Å². The highest BCUT2D eigenvalue weighted by atomic mass is 32.2. The van der Waals surface area contributed by atoms with Gasteiger partial charge in [0.15, 0.2) is 5.41 Å². The summed E-state index contributed by atoms with van der Waals surface area (Å²) in [5.41, 5.74) is 0.314. The third-order valence-electron chi connectivity index (χ3n) is 9.55. The number of hydrogen-bond acceptors (Lipinski definition) is 8. The van der Waals surface area contributed by atoms with E-state index < -0.39 is 48.7 Å². The number of carbonyl (C=O) groups excluding carboxylic acids is 2.